The zero-order valence-electron chi connectivity index (χ0n) is 7.61. The average molecular weight is 210 g/mol. The molecule has 2 N–H and O–H groups in total. The predicted molar refractivity (Wildman–Crippen MR) is 56.8 cm³/mol. The summed E-state index contributed by atoms with van der Waals surface area (Å²) in [7, 11) is -3.19. The molecule has 2 aromatic rings. The molecule has 5 heteroatoms. The third kappa shape index (κ3) is 1.88. The molecule has 0 atom stereocenters. The number of anilines is 1. The first-order chi connectivity index (χ1) is 6.54. The highest BCUT2D eigenvalue weighted by molar-refractivity contribution is 7.92. The van der Waals surface area contributed by atoms with Crippen LogP contribution in [-0.2, 0) is 10.0 Å². The number of H-pyrrole nitrogens is 1. The minimum absolute atomic E-state index is 0.583. The number of hydrogen-bond acceptors (Lipinski definition) is 2. The Morgan fingerprint density at radius 3 is 2.79 bits per heavy atom. The Labute approximate surface area is 82.0 Å². The van der Waals surface area contributed by atoms with E-state index < -0.39 is 10.0 Å². The number of nitrogens with one attached hydrogen (secondary N) is 2. The smallest absolute Gasteiger partial charge is 0.229 e. The minimum atomic E-state index is -3.19. The molecule has 0 unspecified atom stereocenters. The van der Waals surface area contributed by atoms with Crippen molar-refractivity contribution in [2.75, 3.05) is 11.0 Å². The second kappa shape index (κ2) is 3.02. The van der Waals surface area contributed by atoms with Gasteiger partial charge in [-0.1, -0.05) is 0 Å². The number of sulfonamides is 1. The van der Waals surface area contributed by atoms with Crippen molar-refractivity contribution in [2.45, 2.75) is 0 Å². The second-order valence-corrected chi connectivity index (χ2v) is 4.90. The molecular weight excluding hydrogens is 200 g/mol. The van der Waals surface area contributed by atoms with E-state index in [1.165, 1.54) is 0 Å². The van der Waals surface area contributed by atoms with Gasteiger partial charge in [-0.15, -0.1) is 0 Å². The Kier molecular flexibility index (Phi) is 1.96. The first-order valence-corrected chi connectivity index (χ1v) is 5.99. The summed E-state index contributed by atoms with van der Waals surface area (Å²) in [5, 5.41) is 0.985. The number of fused-ring (bicyclic) bond motifs is 1. The molecule has 0 saturated heterocycles. The van der Waals surface area contributed by atoms with Gasteiger partial charge in [-0.05, 0) is 24.3 Å². The fraction of sp³-hybridized carbons (Fsp3) is 0.111. The van der Waals surface area contributed by atoms with E-state index in [1.807, 2.05) is 18.3 Å². The number of benzene rings is 1. The summed E-state index contributed by atoms with van der Waals surface area (Å²) in [4.78, 5) is 3.03. The van der Waals surface area contributed by atoms with Gasteiger partial charge < -0.3 is 4.98 Å². The lowest BCUT2D eigenvalue weighted by Crippen LogP contribution is -2.09. The molecule has 0 fully saturated rings. The van der Waals surface area contributed by atoms with Gasteiger partial charge in [0.05, 0.1) is 6.26 Å². The quantitative estimate of drug-likeness (QED) is 0.789. The van der Waals surface area contributed by atoms with Gasteiger partial charge >= 0.3 is 0 Å². The lowest BCUT2D eigenvalue weighted by atomic mass is 10.2. The van der Waals surface area contributed by atoms with Crippen molar-refractivity contribution in [1.82, 2.24) is 4.98 Å². The average Bonchev–Trinajstić information content (AvgIpc) is 2.47. The SMILES string of the molecule is CS(=O)(=O)Nc1ccc2[nH]ccc2c1. The number of hydrogen-bond donors (Lipinski definition) is 2. The van der Waals surface area contributed by atoms with Crippen LogP contribution < -0.4 is 4.72 Å². The maximum Gasteiger partial charge on any atom is 0.229 e. The maximum atomic E-state index is 11.0. The van der Waals surface area contributed by atoms with Crippen molar-refractivity contribution in [1.29, 1.82) is 0 Å². The van der Waals surface area contributed by atoms with Crippen LogP contribution in [0.1, 0.15) is 0 Å². The minimum Gasteiger partial charge on any atom is -0.361 e. The number of aromatic amines is 1. The molecule has 0 amide bonds. The van der Waals surface area contributed by atoms with Gasteiger partial charge in [-0.2, -0.15) is 0 Å². The van der Waals surface area contributed by atoms with Crippen molar-refractivity contribution in [2.24, 2.45) is 0 Å². The largest absolute Gasteiger partial charge is 0.361 e. The molecule has 1 aromatic carbocycles. The molecular formula is C9H10N2O2S. The highest BCUT2D eigenvalue weighted by Crippen LogP contribution is 2.18. The van der Waals surface area contributed by atoms with Crippen LogP contribution in [0.4, 0.5) is 5.69 Å². The molecule has 0 aliphatic carbocycles. The standard InChI is InChI=1S/C9H10N2O2S/c1-14(12,13)11-8-2-3-9-7(6-8)4-5-10-9/h2-6,10-11H,1H3. The van der Waals surface area contributed by atoms with E-state index >= 15 is 0 Å². The third-order valence-corrected chi connectivity index (χ3v) is 2.46. The van der Waals surface area contributed by atoms with E-state index in [2.05, 4.69) is 9.71 Å². The highest BCUT2D eigenvalue weighted by atomic mass is 32.2. The summed E-state index contributed by atoms with van der Waals surface area (Å²) < 4.78 is 24.3. The van der Waals surface area contributed by atoms with Crippen LogP contribution >= 0.6 is 0 Å². The van der Waals surface area contributed by atoms with Crippen LogP contribution in [0.3, 0.4) is 0 Å². The molecule has 4 nitrogen and oxygen atoms in total. The van der Waals surface area contributed by atoms with Crippen LogP contribution in [0.5, 0.6) is 0 Å². The fourth-order valence-electron chi connectivity index (χ4n) is 1.33. The summed E-state index contributed by atoms with van der Waals surface area (Å²) in [6.45, 7) is 0. The summed E-state index contributed by atoms with van der Waals surface area (Å²) in [6, 6.07) is 7.23. The van der Waals surface area contributed by atoms with E-state index in [-0.39, 0.29) is 0 Å². The first-order valence-electron chi connectivity index (χ1n) is 4.09. The molecule has 14 heavy (non-hydrogen) atoms. The normalized spacial score (nSPS) is 11.8. The van der Waals surface area contributed by atoms with Crippen LogP contribution in [-0.4, -0.2) is 19.7 Å². The zero-order chi connectivity index (χ0) is 10.2. The van der Waals surface area contributed by atoms with Crippen LogP contribution in [0.25, 0.3) is 10.9 Å². The highest BCUT2D eigenvalue weighted by Gasteiger charge is 2.02. The van der Waals surface area contributed by atoms with E-state index in [1.54, 1.807) is 12.1 Å². The fourth-order valence-corrected chi connectivity index (χ4v) is 1.89. The predicted octanol–water partition coefficient (Wildman–Crippen LogP) is 1.54. The number of aromatic nitrogens is 1. The van der Waals surface area contributed by atoms with Gasteiger partial charge in [0.25, 0.3) is 0 Å². The van der Waals surface area contributed by atoms with Gasteiger partial charge in [0, 0.05) is 22.8 Å². The van der Waals surface area contributed by atoms with Crippen molar-refractivity contribution in [3.63, 3.8) is 0 Å². The molecule has 1 heterocycles. The first kappa shape index (κ1) is 9.08. The Hall–Kier alpha value is -1.49. The zero-order valence-corrected chi connectivity index (χ0v) is 8.43. The molecule has 2 rings (SSSR count). The number of rotatable bonds is 2. The molecule has 0 spiro atoms. The molecule has 1 aromatic heterocycles. The molecule has 0 aliphatic rings. The summed E-state index contributed by atoms with van der Waals surface area (Å²) in [5.74, 6) is 0. The van der Waals surface area contributed by atoms with Crippen molar-refractivity contribution < 1.29 is 8.42 Å². The van der Waals surface area contributed by atoms with Crippen LogP contribution in [0.2, 0.25) is 0 Å². The third-order valence-electron chi connectivity index (χ3n) is 1.86. The van der Waals surface area contributed by atoms with Gasteiger partial charge in [0.15, 0.2) is 0 Å². The Balaban J connectivity index is 2.44. The van der Waals surface area contributed by atoms with E-state index in [0.29, 0.717) is 5.69 Å². The second-order valence-electron chi connectivity index (χ2n) is 3.15. The molecule has 0 radical (unpaired) electrons. The Morgan fingerprint density at radius 2 is 2.07 bits per heavy atom. The van der Waals surface area contributed by atoms with Crippen molar-refractivity contribution >= 4 is 26.6 Å². The molecule has 0 aliphatic heterocycles. The van der Waals surface area contributed by atoms with Gasteiger partial charge in [0.2, 0.25) is 10.0 Å². The molecule has 0 saturated carbocycles. The molecule has 74 valence electrons. The van der Waals surface area contributed by atoms with E-state index in [9.17, 15) is 8.42 Å². The summed E-state index contributed by atoms with van der Waals surface area (Å²) in [6.07, 6.45) is 2.95. The van der Waals surface area contributed by atoms with Crippen molar-refractivity contribution in [3.8, 4) is 0 Å². The van der Waals surface area contributed by atoms with Crippen molar-refractivity contribution in [3.05, 3.63) is 30.5 Å². The van der Waals surface area contributed by atoms with Crippen LogP contribution in [0.15, 0.2) is 30.5 Å². The monoisotopic (exact) mass is 210 g/mol. The topological polar surface area (TPSA) is 62.0 Å². The summed E-state index contributed by atoms with van der Waals surface area (Å²) >= 11 is 0. The Morgan fingerprint density at radius 1 is 1.29 bits per heavy atom. The Bertz CT molecular complexity index is 557. The lowest BCUT2D eigenvalue weighted by molar-refractivity contribution is 0.607. The van der Waals surface area contributed by atoms with Crippen LogP contribution in [0, 0.1) is 0 Å². The summed E-state index contributed by atoms with van der Waals surface area (Å²) in [5.41, 5.74) is 1.57. The molecule has 0 bridgehead atoms. The van der Waals surface area contributed by atoms with E-state index in [0.717, 1.165) is 17.2 Å². The maximum absolute atomic E-state index is 11.0. The van der Waals surface area contributed by atoms with Gasteiger partial charge in [-0.25, -0.2) is 8.42 Å². The van der Waals surface area contributed by atoms with E-state index in [4.69, 9.17) is 0 Å². The van der Waals surface area contributed by atoms with Gasteiger partial charge in [-0.3, -0.25) is 4.72 Å². The van der Waals surface area contributed by atoms with Gasteiger partial charge in [0.1, 0.15) is 0 Å². The lowest BCUT2D eigenvalue weighted by Gasteiger charge is -2.02.